The minimum Gasteiger partial charge on any atom is -0.759 e. The minimum atomic E-state index is -5.17. The SMILES string of the molecule is O=S(=O)([O-])[O-].O=S(=O)([O-])[O-].O=S(=O)([O-])[O-].O=S(=O)([O-])[O-].[Cr+3].[Cr+3].[Na+].[Na+]. The summed E-state index contributed by atoms with van der Waals surface area (Å²) in [5.74, 6) is 0. The van der Waals surface area contributed by atoms with Crippen molar-refractivity contribution >= 4 is 41.6 Å². The van der Waals surface area contributed by atoms with Crippen molar-refractivity contribution < 1.29 is 164 Å². The Morgan fingerprint density at radius 3 is 0.333 bits per heavy atom. The van der Waals surface area contributed by atoms with E-state index >= 15 is 0 Å². The third-order valence-electron chi connectivity index (χ3n) is 0. The molecule has 0 atom stereocenters. The van der Waals surface area contributed by atoms with Crippen LogP contribution in [0.25, 0.3) is 0 Å². The van der Waals surface area contributed by atoms with Crippen LogP contribution in [0.15, 0.2) is 0 Å². The van der Waals surface area contributed by atoms with E-state index in [0.717, 1.165) is 0 Å². The molecule has 0 aliphatic carbocycles. The molecule has 0 rings (SSSR count). The molecular formula is Cr2Na2O16S4. The Morgan fingerprint density at radius 2 is 0.333 bits per heavy atom. The molecule has 0 spiro atoms. The molecule has 0 fully saturated rings. The first-order valence-corrected chi connectivity index (χ1v) is 8.00. The monoisotopic (exact) mass is 534 g/mol. The van der Waals surface area contributed by atoms with Crippen molar-refractivity contribution in [3.05, 3.63) is 0 Å². The van der Waals surface area contributed by atoms with Crippen LogP contribution in [0.2, 0.25) is 0 Å². The van der Waals surface area contributed by atoms with Crippen molar-refractivity contribution in [3.63, 3.8) is 0 Å². The quantitative estimate of drug-likeness (QED) is 0.158. The molecule has 0 aromatic rings. The summed E-state index contributed by atoms with van der Waals surface area (Å²) >= 11 is 0. The van der Waals surface area contributed by atoms with E-state index in [-0.39, 0.29) is 93.8 Å². The second-order valence-electron chi connectivity index (χ2n) is 1.63. The first-order valence-electron chi connectivity index (χ1n) is 2.67. The summed E-state index contributed by atoms with van der Waals surface area (Å²) in [6, 6.07) is 0. The van der Waals surface area contributed by atoms with Crippen molar-refractivity contribution in [1.82, 2.24) is 0 Å². The summed E-state index contributed by atoms with van der Waals surface area (Å²) in [6.45, 7) is 0. The van der Waals surface area contributed by atoms with Gasteiger partial charge in [-0.25, -0.2) is 0 Å². The molecule has 24 heteroatoms. The third-order valence-corrected chi connectivity index (χ3v) is 0. The van der Waals surface area contributed by atoms with Gasteiger partial charge in [-0.2, -0.15) is 0 Å². The van der Waals surface area contributed by atoms with Crippen LogP contribution in [0.3, 0.4) is 0 Å². The average Bonchev–Trinajstić information content (AvgIpc) is 1.62. The predicted octanol–water partition coefficient (Wildman–Crippen LogP) is -11.3. The third kappa shape index (κ3) is 2100. The van der Waals surface area contributed by atoms with E-state index in [1.54, 1.807) is 0 Å². The molecule has 0 saturated heterocycles. The Hall–Kier alpha value is 2.54. The van der Waals surface area contributed by atoms with Crippen molar-refractivity contribution in [3.8, 4) is 0 Å². The zero-order valence-electron chi connectivity index (χ0n) is 11.0. The first kappa shape index (κ1) is 50.4. The summed E-state index contributed by atoms with van der Waals surface area (Å²) in [7, 11) is -20.7. The zero-order chi connectivity index (χ0) is 18.0. The summed E-state index contributed by atoms with van der Waals surface area (Å²) in [5, 5.41) is 0. The average molecular weight is 534 g/mol. The van der Waals surface area contributed by atoms with Gasteiger partial charge in [0.25, 0.3) is 0 Å². The minimum absolute atomic E-state index is 0. The normalized spacial score (nSPS) is 9.67. The van der Waals surface area contributed by atoms with Gasteiger partial charge in [0, 0.05) is 41.6 Å². The molecule has 0 N–H and O–H groups in total. The summed E-state index contributed by atoms with van der Waals surface area (Å²) in [6.07, 6.45) is 0. The molecule has 134 valence electrons. The Balaban J connectivity index is -0.0000000225. The Morgan fingerprint density at radius 1 is 0.333 bits per heavy atom. The molecule has 16 nitrogen and oxygen atoms in total. The van der Waals surface area contributed by atoms with Crippen LogP contribution in [-0.2, 0) is 76.3 Å². The maximum absolute atomic E-state index is 8.52. The Kier molecular flexibility index (Phi) is 45.8. The number of hydrogen-bond donors (Lipinski definition) is 0. The van der Waals surface area contributed by atoms with Gasteiger partial charge in [0.15, 0.2) is 0 Å². The van der Waals surface area contributed by atoms with Gasteiger partial charge in [0.05, 0.1) is 0 Å². The van der Waals surface area contributed by atoms with Gasteiger partial charge in [-0.15, -0.1) is 0 Å². The maximum Gasteiger partial charge on any atom is 3.00 e. The molecule has 2 radical (unpaired) electrons. The second-order valence-corrected chi connectivity index (χ2v) is 4.90. The fourth-order valence-corrected chi connectivity index (χ4v) is 0. The summed E-state index contributed by atoms with van der Waals surface area (Å²) in [5.41, 5.74) is 0. The maximum atomic E-state index is 8.52. The molecule has 0 amide bonds. The van der Waals surface area contributed by atoms with Crippen LogP contribution < -0.4 is 59.1 Å². The van der Waals surface area contributed by atoms with Crippen LogP contribution in [0, 0.1) is 0 Å². The van der Waals surface area contributed by atoms with Crippen molar-refractivity contribution in [1.29, 1.82) is 0 Å². The smallest absolute Gasteiger partial charge is 0.759 e. The van der Waals surface area contributed by atoms with Gasteiger partial charge >= 0.3 is 93.8 Å². The zero-order valence-corrected chi connectivity index (χ0v) is 20.8. The van der Waals surface area contributed by atoms with Crippen LogP contribution in [0.5, 0.6) is 0 Å². The molecule has 0 aromatic carbocycles. The molecule has 0 unspecified atom stereocenters. The van der Waals surface area contributed by atoms with Gasteiger partial charge in [0.1, 0.15) is 0 Å². The van der Waals surface area contributed by atoms with E-state index in [2.05, 4.69) is 0 Å². The second kappa shape index (κ2) is 21.8. The molecule has 0 aliphatic heterocycles. The Bertz CT molecular complexity index is 487. The predicted molar refractivity (Wildman–Crippen MR) is 41.9 cm³/mol. The van der Waals surface area contributed by atoms with E-state index in [1.807, 2.05) is 0 Å². The summed E-state index contributed by atoms with van der Waals surface area (Å²) < 4.78 is 136. The first-order chi connectivity index (χ1) is 8.00. The summed E-state index contributed by atoms with van der Waals surface area (Å²) in [4.78, 5) is 0. The van der Waals surface area contributed by atoms with Crippen molar-refractivity contribution in [2.45, 2.75) is 0 Å². The molecular weight excluding hydrogens is 534 g/mol. The van der Waals surface area contributed by atoms with E-state index in [9.17, 15) is 0 Å². The van der Waals surface area contributed by atoms with E-state index in [1.165, 1.54) is 0 Å². The fraction of sp³-hybridized carbons (Fsp3) is 0. The number of hydrogen-bond acceptors (Lipinski definition) is 16. The van der Waals surface area contributed by atoms with Gasteiger partial charge in [0.2, 0.25) is 0 Å². The standard InChI is InChI=1S/2Cr.2Na.4H2O4S/c;;;;4*1-5(2,3)4/h;;;;4*(H2,1,2,3,4)/q2*+3;2*+1;;;;/p-8. The van der Waals surface area contributed by atoms with E-state index in [0.29, 0.717) is 0 Å². The van der Waals surface area contributed by atoms with Crippen LogP contribution in [-0.4, -0.2) is 70.1 Å². The van der Waals surface area contributed by atoms with Crippen molar-refractivity contribution in [2.75, 3.05) is 0 Å². The fourth-order valence-electron chi connectivity index (χ4n) is 0. The van der Waals surface area contributed by atoms with Crippen molar-refractivity contribution in [2.24, 2.45) is 0 Å². The molecule has 0 bridgehead atoms. The molecule has 0 aliphatic rings. The van der Waals surface area contributed by atoms with Crippen LogP contribution in [0.1, 0.15) is 0 Å². The topological polar surface area (TPSA) is 321 Å². The molecule has 0 saturated carbocycles. The van der Waals surface area contributed by atoms with Gasteiger partial charge in [-0.1, -0.05) is 0 Å². The van der Waals surface area contributed by atoms with E-state index in [4.69, 9.17) is 70.1 Å². The Labute approximate surface area is 202 Å². The van der Waals surface area contributed by atoms with Gasteiger partial charge in [-0.05, 0) is 0 Å². The molecule has 0 heterocycles. The molecule has 0 aromatic heterocycles. The van der Waals surface area contributed by atoms with E-state index < -0.39 is 41.6 Å². The van der Waals surface area contributed by atoms with Crippen LogP contribution in [0.4, 0.5) is 0 Å². The van der Waals surface area contributed by atoms with Gasteiger partial charge < -0.3 is 36.4 Å². The molecule has 24 heavy (non-hydrogen) atoms. The van der Waals surface area contributed by atoms with Crippen LogP contribution >= 0.6 is 0 Å². The van der Waals surface area contributed by atoms with Gasteiger partial charge in [-0.3, -0.25) is 33.7 Å². The largest absolute Gasteiger partial charge is 3.00 e. The number of rotatable bonds is 0.